The van der Waals surface area contributed by atoms with E-state index in [4.69, 9.17) is 4.42 Å². The first-order valence-electron chi connectivity index (χ1n) is 5.91. The predicted molar refractivity (Wildman–Crippen MR) is 66.7 cm³/mol. The van der Waals surface area contributed by atoms with E-state index in [0.717, 1.165) is 19.3 Å². The first-order valence-corrected chi connectivity index (χ1v) is 5.91. The summed E-state index contributed by atoms with van der Waals surface area (Å²) < 4.78 is 6.51. The Morgan fingerprint density at radius 3 is 2.83 bits per heavy atom. The zero-order valence-electron chi connectivity index (χ0n) is 10.1. The molecule has 6 nitrogen and oxygen atoms in total. The summed E-state index contributed by atoms with van der Waals surface area (Å²) in [6.07, 6.45) is 2.91. The van der Waals surface area contributed by atoms with Crippen LogP contribution in [0.5, 0.6) is 0 Å². The molecule has 0 aliphatic rings. The number of benzene rings is 1. The highest BCUT2D eigenvalue weighted by molar-refractivity contribution is 5.75. The highest BCUT2D eigenvalue weighted by Gasteiger charge is 2.13. The summed E-state index contributed by atoms with van der Waals surface area (Å²) in [5.74, 6) is -0.457. The molecule has 0 atom stereocenters. The van der Waals surface area contributed by atoms with Gasteiger partial charge >= 0.3 is 5.76 Å². The predicted octanol–water partition coefficient (Wildman–Crippen LogP) is 2.69. The van der Waals surface area contributed by atoms with E-state index in [9.17, 15) is 14.9 Å². The minimum atomic E-state index is -0.479. The molecule has 0 amide bonds. The first-order chi connectivity index (χ1) is 8.63. The van der Waals surface area contributed by atoms with Gasteiger partial charge in [-0.15, -0.1) is 0 Å². The van der Waals surface area contributed by atoms with Crippen LogP contribution in [0.4, 0.5) is 5.69 Å². The lowest BCUT2D eigenvalue weighted by Gasteiger charge is -2.00. The van der Waals surface area contributed by atoms with Crippen molar-refractivity contribution in [3.8, 4) is 0 Å². The van der Waals surface area contributed by atoms with E-state index in [1.165, 1.54) is 22.8 Å². The molecule has 96 valence electrons. The van der Waals surface area contributed by atoms with Gasteiger partial charge in [0.15, 0.2) is 5.58 Å². The fraction of sp³-hybridized carbons (Fsp3) is 0.417. The maximum atomic E-state index is 11.6. The number of unbranched alkanes of at least 4 members (excludes halogenated alkanes) is 2. The first kappa shape index (κ1) is 12.3. The van der Waals surface area contributed by atoms with E-state index in [2.05, 4.69) is 6.92 Å². The minimum absolute atomic E-state index is 0.0347. The van der Waals surface area contributed by atoms with Gasteiger partial charge in [0.25, 0.3) is 5.69 Å². The second kappa shape index (κ2) is 5.03. The molecule has 0 N–H and O–H groups in total. The fourth-order valence-corrected chi connectivity index (χ4v) is 1.90. The lowest BCUT2D eigenvalue weighted by molar-refractivity contribution is -0.384. The van der Waals surface area contributed by atoms with Gasteiger partial charge in [0, 0.05) is 18.7 Å². The molecule has 2 aromatic rings. The Balaban J connectivity index is 2.43. The maximum Gasteiger partial charge on any atom is 0.419 e. The van der Waals surface area contributed by atoms with Crippen LogP contribution >= 0.6 is 0 Å². The largest absolute Gasteiger partial charge is 0.419 e. The number of oxazole rings is 1. The van der Waals surface area contributed by atoms with Gasteiger partial charge in [0.05, 0.1) is 10.4 Å². The number of non-ortho nitro benzene ring substituents is 1. The highest BCUT2D eigenvalue weighted by atomic mass is 16.6. The van der Waals surface area contributed by atoms with Gasteiger partial charge in [-0.05, 0) is 12.5 Å². The van der Waals surface area contributed by atoms with Gasteiger partial charge in [-0.25, -0.2) is 4.79 Å². The molecule has 0 bridgehead atoms. The Hall–Kier alpha value is -2.11. The van der Waals surface area contributed by atoms with Crippen molar-refractivity contribution < 1.29 is 9.34 Å². The number of nitro groups is 1. The van der Waals surface area contributed by atoms with Gasteiger partial charge in [-0.2, -0.15) is 0 Å². The Morgan fingerprint density at radius 2 is 2.17 bits per heavy atom. The smallest absolute Gasteiger partial charge is 0.408 e. The van der Waals surface area contributed by atoms with E-state index >= 15 is 0 Å². The van der Waals surface area contributed by atoms with Crippen molar-refractivity contribution in [1.82, 2.24) is 4.57 Å². The minimum Gasteiger partial charge on any atom is -0.408 e. The summed E-state index contributed by atoms with van der Waals surface area (Å²) >= 11 is 0. The lowest BCUT2D eigenvalue weighted by atomic mass is 10.2. The lowest BCUT2D eigenvalue weighted by Crippen LogP contribution is -2.14. The quantitative estimate of drug-likeness (QED) is 0.464. The second-order valence-corrected chi connectivity index (χ2v) is 4.14. The van der Waals surface area contributed by atoms with Crippen LogP contribution in [0.15, 0.2) is 27.4 Å². The number of rotatable bonds is 5. The SMILES string of the molecule is CCCCCn1c(=O)oc2ccc([N+](=O)[O-])cc21. The molecule has 1 aromatic heterocycles. The molecule has 2 rings (SSSR count). The van der Waals surface area contributed by atoms with E-state index < -0.39 is 10.7 Å². The number of aryl methyl sites for hydroxylation is 1. The number of hydrogen-bond acceptors (Lipinski definition) is 4. The number of nitro benzene ring substituents is 1. The molecule has 0 unspecified atom stereocenters. The zero-order chi connectivity index (χ0) is 13.1. The summed E-state index contributed by atoms with van der Waals surface area (Å²) in [4.78, 5) is 21.9. The van der Waals surface area contributed by atoms with Crippen LogP contribution in [-0.4, -0.2) is 9.49 Å². The summed E-state index contributed by atoms with van der Waals surface area (Å²) in [6.45, 7) is 2.60. The van der Waals surface area contributed by atoms with E-state index in [1.54, 1.807) is 0 Å². The van der Waals surface area contributed by atoms with Crippen LogP contribution in [0.3, 0.4) is 0 Å². The van der Waals surface area contributed by atoms with Crippen LogP contribution < -0.4 is 5.76 Å². The average molecular weight is 250 g/mol. The maximum absolute atomic E-state index is 11.6. The van der Waals surface area contributed by atoms with Crippen LogP contribution in [0.1, 0.15) is 26.2 Å². The van der Waals surface area contributed by atoms with Gasteiger partial charge < -0.3 is 4.42 Å². The van der Waals surface area contributed by atoms with E-state index in [1.807, 2.05) is 0 Å². The standard InChI is InChI=1S/C12H14N2O4/c1-2-3-4-7-13-10-8-9(14(16)17)5-6-11(10)18-12(13)15/h5-6,8H,2-4,7H2,1H3. The van der Waals surface area contributed by atoms with Gasteiger partial charge in [-0.1, -0.05) is 19.8 Å². The molecule has 0 radical (unpaired) electrons. The van der Waals surface area contributed by atoms with Crippen molar-refractivity contribution >= 4 is 16.8 Å². The third-order valence-corrected chi connectivity index (χ3v) is 2.85. The Bertz CT molecular complexity index is 627. The molecule has 0 spiro atoms. The molecule has 0 saturated heterocycles. The van der Waals surface area contributed by atoms with Crippen LogP contribution in [0, 0.1) is 10.1 Å². The molecule has 0 fully saturated rings. The van der Waals surface area contributed by atoms with Crippen molar-refractivity contribution in [2.75, 3.05) is 0 Å². The normalized spacial score (nSPS) is 10.9. The monoisotopic (exact) mass is 250 g/mol. The highest BCUT2D eigenvalue weighted by Crippen LogP contribution is 2.20. The third-order valence-electron chi connectivity index (χ3n) is 2.85. The number of nitrogens with zero attached hydrogens (tertiary/aromatic N) is 2. The Kier molecular flexibility index (Phi) is 3.45. The zero-order valence-corrected chi connectivity index (χ0v) is 10.1. The van der Waals surface area contributed by atoms with Crippen LogP contribution in [0.25, 0.3) is 11.1 Å². The Labute approximate surface area is 103 Å². The van der Waals surface area contributed by atoms with E-state index in [0.29, 0.717) is 17.6 Å². The summed E-state index contributed by atoms with van der Waals surface area (Å²) in [5.41, 5.74) is 0.847. The average Bonchev–Trinajstić information content (AvgIpc) is 2.65. The fourth-order valence-electron chi connectivity index (χ4n) is 1.90. The molecule has 0 aliphatic carbocycles. The number of fused-ring (bicyclic) bond motifs is 1. The van der Waals surface area contributed by atoms with Crippen molar-refractivity contribution in [2.45, 2.75) is 32.7 Å². The molecular formula is C12H14N2O4. The second-order valence-electron chi connectivity index (χ2n) is 4.14. The van der Waals surface area contributed by atoms with E-state index in [-0.39, 0.29) is 5.69 Å². The molecule has 18 heavy (non-hydrogen) atoms. The van der Waals surface area contributed by atoms with Gasteiger partial charge in [0.1, 0.15) is 0 Å². The van der Waals surface area contributed by atoms with Crippen molar-refractivity contribution in [3.63, 3.8) is 0 Å². The van der Waals surface area contributed by atoms with Crippen molar-refractivity contribution in [1.29, 1.82) is 0 Å². The molecule has 6 heteroatoms. The topological polar surface area (TPSA) is 78.3 Å². The van der Waals surface area contributed by atoms with Gasteiger partial charge in [0.2, 0.25) is 0 Å². The van der Waals surface area contributed by atoms with Crippen molar-refractivity contribution in [2.24, 2.45) is 0 Å². The number of aromatic nitrogens is 1. The molecule has 0 saturated carbocycles. The molecule has 1 heterocycles. The summed E-state index contributed by atoms with van der Waals surface area (Å²) in [6, 6.07) is 4.18. The van der Waals surface area contributed by atoms with Crippen LogP contribution in [0.2, 0.25) is 0 Å². The van der Waals surface area contributed by atoms with Crippen molar-refractivity contribution in [3.05, 3.63) is 38.9 Å². The number of hydrogen-bond donors (Lipinski definition) is 0. The molecule has 0 aliphatic heterocycles. The molecule has 1 aromatic carbocycles. The third kappa shape index (κ3) is 2.27. The summed E-state index contributed by atoms with van der Waals surface area (Å²) in [7, 11) is 0. The summed E-state index contributed by atoms with van der Waals surface area (Å²) in [5, 5.41) is 10.7. The van der Waals surface area contributed by atoms with Gasteiger partial charge in [-0.3, -0.25) is 14.7 Å². The molecular weight excluding hydrogens is 236 g/mol. The Morgan fingerprint density at radius 1 is 1.39 bits per heavy atom. The van der Waals surface area contributed by atoms with Crippen LogP contribution in [-0.2, 0) is 6.54 Å².